The lowest BCUT2D eigenvalue weighted by Crippen LogP contribution is -2.42. The number of carbonyl (C=O) groups is 1. The van der Waals surface area contributed by atoms with Crippen molar-refractivity contribution in [2.45, 2.75) is 38.1 Å². The summed E-state index contributed by atoms with van der Waals surface area (Å²) in [5.74, 6) is 0.0177. The number of nitrogens with zero attached hydrogens (tertiary/aromatic N) is 1. The fourth-order valence-corrected chi connectivity index (χ4v) is 2.86. The molecule has 1 aliphatic rings. The van der Waals surface area contributed by atoms with Crippen LogP contribution in [0.1, 0.15) is 32.3 Å². The monoisotopic (exact) mass is 374 g/mol. The zero-order valence-electron chi connectivity index (χ0n) is 12.8. The molecule has 2 rings (SSSR count). The predicted octanol–water partition coefficient (Wildman–Crippen LogP) is 3.34. The molecule has 118 valence electrons. The SMILES string of the molecule is CC(N)C(C)C(=O)N(C)CC1(c2ccc(Br)cc2)CC1.Cl. The molecule has 0 bridgehead atoms. The van der Waals surface area contributed by atoms with Crippen LogP contribution in [0.4, 0.5) is 0 Å². The summed E-state index contributed by atoms with van der Waals surface area (Å²) in [4.78, 5) is 14.2. The summed E-state index contributed by atoms with van der Waals surface area (Å²) in [6.45, 7) is 4.57. The lowest BCUT2D eigenvalue weighted by molar-refractivity contribution is -0.134. The molecule has 1 aliphatic carbocycles. The molecular formula is C16H24BrClN2O. The summed E-state index contributed by atoms with van der Waals surface area (Å²) in [7, 11) is 1.89. The summed E-state index contributed by atoms with van der Waals surface area (Å²) < 4.78 is 1.09. The molecule has 1 saturated carbocycles. The quantitative estimate of drug-likeness (QED) is 0.858. The molecule has 21 heavy (non-hydrogen) atoms. The third kappa shape index (κ3) is 4.21. The number of amides is 1. The van der Waals surface area contributed by atoms with Gasteiger partial charge in [0.2, 0.25) is 5.91 Å². The van der Waals surface area contributed by atoms with Gasteiger partial charge in [0.05, 0.1) is 5.92 Å². The first kappa shape index (κ1) is 18.5. The second-order valence-corrected chi connectivity index (χ2v) is 7.04. The molecule has 0 spiro atoms. The van der Waals surface area contributed by atoms with Gasteiger partial charge in [-0.25, -0.2) is 0 Å². The first-order valence-corrected chi connectivity index (χ1v) is 7.92. The first-order chi connectivity index (χ1) is 9.35. The number of carbonyl (C=O) groups excluding carboxylic acids is 1. The Morgan fingerprint density at radius 2 is 1.86 bits per heavy atom. The van der Waals surface area contributed by atoms with Gasteiger partial charge in [-0.05, 0) is 37.5 Å². The molecule has 1 aromatic carbocycles. The normalized spacial score (nSPS) is 18.3. The summed E-state index contributed by atoms with van der Waals surface area (Å²) >= 11 is 3.46. The molecule has 2 atom stereocenters. The number of hydrogen-bond donors (Lipinski definition) is 1. The highest BCUT2D eigenvalue weighted by atomic mass is 79.9. The van der Waals surface area contributed by atoms with E-state index in [0.717, 1.165) is 23.9 Å². The fourth-order valence-electron chi connectivity index (χ4n) is 2.60. The molecule has 0 aromatic heterocycles. The fraction of sp³-hybridized carbons (Fsp3) is 0.562. The van der Waals surface area contributed by atoms with Crippen LogP contribution in [0.3, 0.4) is 0 Å². The lowest BCUT2D eigenvalue weighted by Gasteiger charge is -2.28. The summed E-state index contributed by atoms with van der Waals surface area (Å²) in [5.41, 5.74) is 7.31. The van der Waals surface area contributed by atoms with Crippen LogP contribution >= 0.6 is 28.3 Å². The van der Waals surface area contributed by atoms with Crippen molar-refractivity contribution in [3.05, 3.63) is 34.3 Å². The zero-order chi connectivity index (χ0) is 14.9. The number of nitrogens with two attached hydrogens (primary N) is 1. The maximum Gasteiger partial charge on any atom is 0.226 e. The van der Waals surface area contributed by atoms with Crippen molar-refractivity contribution in [3.63, 3.8) is 0 Å². The molecule has 2 N–H and O–H groups in total. The average molecular weight is 376 g/mol. The molecule has 0 heterocycles. The maximum absolute atomic E-state index is 12.3. The van der Waals surface area contributed by atoms with Gasteiger partial charge in [-0.2, -0.15) is 0 Å². The average Bonchev–Trinajstić information content (AvgIpc) is 3.18. The van der Waals surface area contributed by atoms with Gasteiger partial charge in [0.25, 0.3) is 0 Å². The first-order valence-electron chi connectivity index (χ1n) is 7.12. The second-order valence-electron chi connectivity index (χ2n) is 6.13. The number of benzene rings is 1. The highest BCUT2D eigenvalue weighted by Crippen LogP contribution is 2.48. The van der Waals surface area contributed by atoms with E-state index in [1.807, 2.05) is 25.8 Å². The van der Waals surface area contributed by atoms with Gasteiger partial charge < -0.3 is 10.6 Å². The van der Waals surface area contributed by atoms with Gasteiger partial charge in [0, 0.05) is 29.5 Å². The standard InChI is InChI=1S/C16H23BrN2O.ClH/c1-11(12(2)18)15(20)19(3)10-16(8-9-16)13-4-6-14(17)7-5-13;/h4-7,11-12H,8-10,18H2,1-3H3;1H. The van der Waals surface area contributed by atoms with E-state index in [1.165, 1.54) is 5.56 Å². The van der Waals surface area contributed by atoms with Crippen LogP contribution in [0.15, 0.2) is 28.7 Å². The van der Waals surface area contributed by atoms with Crippen LogP contribution in [0, 0.1) is 5.92 Å². The molecular weight excluding hydrogens is 352 g/mol. The topological polar surface area (TPSA) is 46.3 Å². The zero-order valence-corrected chi connectivity index (χ0v) is 15.2. The minimum Gasteiger partial charge on any atom is -0.345 e. The van der Waals surface area contributed by atoms with Gasteiger partial charge in [-0.15, -0.1) is 12.4 Å². The lowest BCUT2D eigenvalue weighted by atomic mass is 9.94. The Morgan fingerprint density at radius 1 is 1.33 bits per heavy atom. The molecule has 2 unspecified atom stereocenters. The van der Waals surface area contributed by atoms with E-state index >= 15 is 0 Å². The Morgan fingerprint density at radius 3 is 2.29 bits per heavy atom. The molecule has 1 fully saturated rings. The van der Waals surface area contributed by atoms with Gasteiger partial charge in [0.15, 0.2) is 0 Å². The molecule has 0 aliphatic heterocycles. The molecule has 1 aromatic rings. The van der Waals surface area contributed by atoms with E-state index in [2.05, 4.69) is 40.2 Å². The van der Waals surface area contributed by atoms with Crippen LogP contribution in [0.5, 0.6) is 0 Å². The third-order valence-corrected chi connectivity index (χ3v) is 4.93. The van der Waals surface area contributed by atoms with E-state index < -0.39 is 0 Å². The van der Waals surface area contributed by atoms with E-state index in [4.69, 9.17) is 5.73 Å². The number of halogens is 2. The van der Waals surface area contributed by atoms with Crippen molar-refractivity contribution in [2.24, 2.45) is 11.7 Å². The third-order valence-electron chi connectivity index (χ3n) is 4.40. The van der Waals surface area contributed by atoms with E-state index in [-0.39, 0.29) is 35.7 Å². The van der Waals surface area contributed by atoms with Crippen molar-refractivity contribution in [3.8, 4) is 0 Å². The highest BCUT2D eigenvalue weighted by Gasteiger charge is 2.45. The van der Waals surface area contributed by atoms with Crippen molar-refractivity contribution in [1.29, 1.82) is 0 Å². The Kier molecular flexibility index (Phi) is 6.26. The van der Waals surface area contributed by atoms with Crippen LogP contribution < -0.4 is 5.73 Å². The van der Waals surface area contributed by atoms with Gasteiger partial charge in [-0.3, -0.25) is 4.79 Å². The van der Waals surface area contributed by atoms with Crippen molar-refractivity contribution in [2.75, 3.05) is 13.6 Å². The molecule has 0 saturated heterocycles. The predicted molar refractivity (Wildman–Crippen MR) is 92.8 cm³/mol. The van der Waals surface area contributed by atoms with Crippen molar-refractivity contribution >= 4 is 34.2 Å². The van der Waals surface area contributed by atoms with Gasteiger partial charge >= 0.3 is 0 Å². The summed E-state index contributed by atoms with van der Waals surface area (Å²) in [6, 6.07) is 8.35. The maximum atomic E-state index is 12.3. The Bertz CT molecular complexity index is 486. The van der Waals surface area contributed by atoms with E-state index in [0.29, 0.717) is 0 Å². The largest absolute Gasteiger partial charge is 0.345 e. The van der Waals surface area contributed by atoms with Crippen LogP contribution in [0.2, 0.25) is 0 Å². The minimum absolute atomic E-state index is 0. The van der Waals surface area contributed by atoms with Gasteiger partial charge in [-0.1, -0.05) is 35.0 Å². The number of hydrogen-bond acceptors (Lipinski definition) is 2. The number of likely N-dealkylation sites (N-methyl/N-ethyl adjacent to an activating group) is 1. The number of rotatable bonds is 5. The summed E-state index contributed by atoms with van der Waals surface area (Å²) in [6.07, 6.45) is 2.30. The highest BCUT2D eigenvalue weighted by molar-refractivity contribution is 9.10. The molecule has 5 heteroatoms. The van der Waals surface area contributed by atoms with Crippen molar-refractivity contribution < 1.29 is 4.79 Å². The Hall–Kier alpha value is -0.580. The van der Waals surface area contributed by atoms with Crippen LogP contribution in [-0.4, -0.2) is 30.4 Å². The van der Waals surface area contributed by atoms with E-state index in [1.54, 1.807) is 0 Å². The van der Waals surface area contributed by atoms with Gasteiger partial charge in [0.1, 0.15) is 0 Å². The van der Waals surface area contributed by atoms with Crippen LogP contribution in [-0.2, 0) is 10.2 Å². The van der Waals surface area contributed by atoms with Crippen molar-refractivity contribution in [1.82, 2.24) is 4.90 Å². The van der Waals surface area contributed by atoms with Crippen LogP contribution in [0.25, 0.3) is 0 Å². The smallest absolute Gasteiger partial charge is 0.226 e. The molecule has 1 amide bonds. The molecule has 3 nitrogen and oxygen atoms in total. The summed E-state index contributed by atoms with van der Waals surface area (Å²) in [5, 5.41) is 0. The Balaban J connectivity index is 0.00000220. The second kappa shape index (κ2) is 7.12. The minimum atomic E-state index is -0.124. The molecule has 0 radical (unpaired) electrons. The van der Waals surface area contributed by atoms with E-state index in [9.17, 15) is 4.79 Å². The Labute approximate surface area is 141 Å².